The second kappa shape index (κ2) is 14.0. The van der Waals surface area contributed by atoms with Gasteiger partial charge in [0.1, 0.15) is 18.4 Å². The number of hydrogen-bond acceptors (Lipinski definition) is 8. The van der Waals surface area contributed by atoms with Crippen LogP contribution in [0.3, 0.4) is 0 Å². The van der Waals surface area contributed by atoms with Gasteiger partial charge in [-0.2, -0.15) is 5.26 Å². The summed E-state index contributed by atoms with van der Waals surface area (Å²) in [7, 11) is 0. The highest BCUT2D eigenvalue weighted by molar-refractivity contribution is 7.10. The van der Waals surface area contributed by atoms with Crippen molar-refractivity contribution in [3.05, 3.63) is 166 Å². The molecule has 0 bridgehead atoms. The Morgan fingerprint density at radius 3 is 2.44 bits per heavy atom. The number of rotatable bonds is 9. The van der Waals surface area contributed by atoms with Crippen molar-refractivity contribution in [3.8, 4) is 17.5 Å². The number of thiophene rings is 1. The van der Waals surface area contributed by atoms with Crippen molar-refractivity contribution in [2.45, 2.75) is 33.4 Å². The lowest BCUT2D eigenvalue weighted by Crippen LogP contribution is -2.39. The second-order valence-electron chi connectivity index (χ2n) is 11.7. The third-order valence-corrected chi connectivity index (χ3v) is 10.4. The van der Waals surface area contributed by atoms with E-state index in [1.807, 2.05) is 104 Å². The topological polar surface area (TPSA) is 98.6 Å². The first kappa shape index (κ1) is 32.8. The van der Waals surface area contributed by atoms with E-state index in [0.29, 0.717) is 32.8 Å². The van der Waals surface area contributed by atoms with E-state index in [0.717, 1.165) is 44.4 Å². The maximum absolute atomic E-state index is 14.3. The van der Waals surface area contributed by atoms with Crippen LogP contribution in [-0.4, -0.2) is 21.7 Å². The van der Waals surface area contributed by atoms with Crippen LogP contribution in [0.25, 0.3) is 17.5 Å². The highest BCUT2D eigenvalue weighted by atomic mass is 32.1. The van der Waals surface area contributed by atoms with Crippen molar-refractivity contribution in [1.82, 2.24) is 9.13 Å². The van der Waals surface area contributed by atoms with Crippen LogP contribution in [0.2, 0.25) is 0 Å². The van der Waals surface area contributed by atoms with E-state index in [1.165, 1.54) is 22.7 Å². The number of aromatic nitrogens is 2. The highest BCUT2D eigenvalue weighted by Gasteiger charge is 2.35. The van der Waals surface area contributed by atoms with Gasteiger partial charge in [0, 0.05) is 27.5 Å². The van der Waals surface area contributed by atoms with E-state index in [4.69, 9.17) is 19.7 Å². The molecule has 10 heteroatoms. The Bertz CT molecular complexity index is 2450. The zero-order valence-electron chi connectivity index (χ0n) is 27.6. The van der Waals surface area contributed by atoms with Crippen LogP contribution in [0.1, 0.15) is 51.5 Å². The normalized spacial score (nSPS) is 14.2. The number of esters is 1. The molecule has 0 amide bonds. The van der Waals surface area contributed by atoms with E-state index in [1.54, 1.807) is 23.6 Å². The largest absolute Gasteiger partial charge is 0.489 e. The zero-order chi connectivity index (χ0) is 34.8. The average molecular weight is 697 g/mol. The van der Waals surface area contributed by atoms with Gasteiger partial charge in [0.25, 0.3) is 5.56 Å². The minimum Gasteiger partial charge on any atom is -0.489 e. The first-order valence-electron chi connectivity index (χ1n) is 16.1. The lowest BCUT2D eigenvalue weighted by Gasteiger charge is -2.24. The van der Waals surface area contributed by atoms with Crippen LogP contribution in [0.5, 0.6) is 5.75 Å². The van der Waals surface area contributed by atoms with Gasteiger partial charge in [0.15, 0.2) is 4.80 Å². The van der Waals surface area contributed by atoms with Crippen molar-refractivity contribution < 1.29 is 14.3 Å². The molecule has 1 aliphatic rings. The molecule has 0 fully saturated rings. The lowest BCUT2D eigenvalue weighted by atomic mass is 9.97. The van der Waals surface area contributed by atoms with Gasteiger partial charge in [0.05, 0.1) is 34.0 Å². The summed E-state index contributed by atoms with van der Waals surface area (Å²) < 4.78 is 15.8. The van der Waals surface area contributed by atoms with Crippen molar-refractivity contribution >= 4 is 40.4 Å². The number of fused-ring (bicyclic) bond motifs is 1. The summed E-state index contributed by atoms with van der Waals surface area (Å²) in [5.74, 6) is 0.247. The molecule has 0 unspecified atom stereocenters. The summed E-state index contributed by atoms with van der Waals surface area (Å²) in [6, 6.07) is 32.2. The summed E-state index contributed by atoms with van der Waals surface area (Å²) in [5.41, 5.74) is 6.90. The molecular weight excluding hydrogens is 665 g/mol. The first-order chi connectivity index (χ1) is 24.4. The van der Waals surface area contributed by atoms with Gasteiger partial charge in [-0.25, -0.2) is 9.79 Å². The predicted octanol–water partition coefficient (Wildman–Crippen LogP) is 6.86. The second-order valence-corrected chi connectivity index (χ2v) is 13.7. The highest BCUT2D eigenvalue weighted by Crippen LogP contribution is 2.37. The van der Waals surface area contributed by atoms with Crippen molar-refractivity contribution in [1.29, 1.82) is 5.26 Å². The third kappa shape index (κ3) is 6.25. The molecule has 0 aliphatic carbocycles. The summed E-state index contributed by atoms with van der Waals surface area (Å²) in [6.07, 6.45) is 1.92. The minimum absolute atomic E-state index is 0.204. The van der Waals surface area contributed by atoms with E-state index in [2.05, 4.69) is 16.7 Å². The number of benzene rings is 3. The fourth-order valence-corrected chi connectivity index (χ4v) is 7.98. The zero-order valence-corrected chi connectivity index (χ0v) is 29.3. The Balaban J connectivity index is 1.25. The van der Waals surface area contributed by atoms with Crippen LogP contribution in [0.4, 0.5) is 0 Å². The molecule has 50 heavy (non-hydrogen) atoms. The Kier molecular flexibility index (Phi) is 9.17. The van der Waals surface area contributed by atoms with E-state index in [9.17, 15) is 9.59 Å². The molecule has 0 N–H and O–H groups in total. The maximum atomic E-state index is 14.3. The number of carbonyl (C=O) groups is 1. The van der Waals surface area contributed by atoms with Gasteiger partial charge < -0.3 is 14.0 Å². The van der Waals surface area contributed by atoms with Gasteiger partial charge in [0.2, 0.25) is 0 Å². The van der Waals surface area contributed by atoms with Crippen LogP contribution < -0.4 is 19.6 Å². The molecular formula is C40H32N4O4S2. The van der Waals surface area contributed by atoms with Gasteiger partial charge >= 0.3 is 5.97 Å². The molecule has 3 aromatic carbocycles. The molecule has 1 atom stereocenters. The molecule has 8 nitrogen and oxygen atoms in total. The van der Waals surface area contributed by atoms with Crippen molar-refractivity contribution in [2.75, 3.05) is 6.61 Å². The number of hydrogen-bond donors (Lipinski definition) is 0. The first-order valence-corrected chi connectivity index (χ1v) is 17.8. The Morgan fingerprint density at radius 1 is 1.00 bits per heavy atom. The smallest absolute Gasteiger partial charge is 0.338 e. The number of thiazole rings is 1. The van der Waals surface area contributed by atoms with Gasteiger partial charge in [-0.3, -0.25) is 9.36 Å². The van der Waals surface area contributed by atoms with Crippen LogP contribution >= 0.6 is 22.7 Å². The van der Waals surface area contributed by atoms with Crippen molar-refractivity contribution in [3.63, 3.8) is 0 Å². The molecule has 248 valence electrons. The molecule has 0 radical (unpaired) electrons. The number of aryl methyl sites for hydroxylation is 1. The number of carbonyl (C=O) groups excluding carboxylic acids is 1. The SMILES string of the molecule is CCOC(=O)C1=C(c2ccccc2)N=c2s/c(=C\c3cc(C)n(-c4ccc(OCc5ccc(C#N)cc5)cc4)c3C)c(=O)n2[C@H]1c1cccs1. The standard InChI is InChI=1S/C40H32N4O4S2/c1-4-47-39(46)35-36(29-9-6-5-7-10-29)42-40-44(37(35)33-11-8-20-49-33)38(45)34(50-40)22-30-21-25(2)43(26(30)3)31-16-18-32(19-17-31)48-24-28-14-12-27(23-41)13-15-28/h5-22,37H,4,24H2,1-3H3/b34-22-/t37-/m0/s1. The number of nitrogens with zero attached hydrogens (tertiary/aromatic N) is 4. The molecule has 7 rings (SSSR count). The van der Waals surface area contributed by atoms with Gasteiger partial charge in [-0.05, 0) is 91.9 Å². The fourth-order valence-electron chi connectivity index (χ4n) is 6.16. The summed E-state index contributed by atoms with van der Waals surface area (Å²) in [6.45, 7) is 6.45. The lowest BCUT2D eigenvalue weighted by molar-refractivity contribution is -0.138. The van der Waals surface area contributed by atoms with E-state index in [-0.39, 0.29) is 12.2 Å². The maximum Gasteiger partial charge on any atom is 0.338 e. The molecule has 4 heterocycles. The van der Waals surface area contributed by atoms with E-state index >= 15 is 0 Å². The van der Waals surface area contributed by atoms with Gasteiger partial charge in [-0.15, -0.1) is 11.3 Å². The van der Waals surface area contributed by atoms with Crippen LogP contribution in [0.15, 0.2) is 118 Å². The molecule has 0 saturated carbocycles. The molecule has 3 aromatic heterocycles. The monoisotopic (exact) mass is 696 g/mol. The summed E-state index contributed by atoms with van der Waals surface area (Å²) in [5, 5.41) is 11.0. The average Bonchev–Trinajstić information content (AvgIpc) is 3.86. The quantitative estimate of drug-likeness (QED) is 0.154. The summed E-state index contributed by atoms with van der Waals surface area (Å²) >= 11 is 2.80. The fraction of sp³-hybridized carbons (Fsp3) is 0.150. The van der Waals surface area contributed by atoms with E-state index < -0.39 is 12.0 Å². The molecule has 6 aromatic rings. The minimum atomic E-state index is -0.673. The van der Waals surface area contributed by atoms with Gasteiger partial charge in [-0.1, -0.05) is 59.9 Å². The molecule has 0 saturated heterocycles. The Morgan fingerprint density at radius 2 is 1.76 bits per heavy atom. The van der Waals surface area contributed by atoms with Crippen molar-refractivity contribution in [2.24, 2.45) is 4.99 Å². The molecule has 0 spiro atoms. The predicted molar refractivity (Wildman–Crippen MR) is 196 cm³/mol. The third-order valence-electron chi connectivity index (χ3n) is 8.53. The molecule has 1 aliphatic heterocycles. The Labute approximate surface area is 296 Å². The van der Waals surface area contributed by atoms with Crippen LogP contribution in [-0.2, 0) is 16.1 Å². The number of ether oxygens (including phenoxy) is 2. The Hall–Kier alpha value is -5.76. The van der Waals surface area contributed by atoms with Crippen LogP contribution in [0, 0.1) is 25.2 Å². The summed E-state index contributed by atoms with van der Waals surface area (Å²) in [4.78, 5) is 34.2. The number of nitriles is 1.